The highest BCUT2D eigenvalue weighted by molar-refractivity contribution is 6.04. The number of amides is 1. The van der Waals surface area contributed by atoms with E-state index in [4.69, 9.17) is 5.73 Å². The minimum Gasteiger partial charge on any atom is -0.371 e. The number of carbonyl (C=O) groups excluding carboxylic acids is 2. The van der Waals surface area contributed by atoms with Crippen LogP contribution in [0, 0.1) is 0 Å². The second kappa shape index (κ2) is 7.45. The molecule has 0 aromatic heterocycles. The Balaban J connectivity index is 2.01. The smallest absolute Gasteiger partial charge is 0.250 e. The number of rotatable bonds is 6. The van der Waals surface area contributed by atoms with Crippen molar-refractivity contribution in [2.24, 2.45) is 5.73 Å². The molecule has 0 aliphatic heterocycles. The van der Waals surface area contributed by atoms with Gasteiger partial charge in [0.1, 0.15) is 6.04 Å². The molecule has 0 saturated heterocycles. The summed E-state index contributed by atoms with van der Waals surface area (Å²) in [6.45, 7) is 0. The Bertz CT molecular complexity index is 877. The van der Waals surface area contributed by atoms with Crippen molar-refractivity contribution < 1.29 is 9.59 Å². The third kappa shape index (κ3) is 3.75. The molecule has 0 saturated carbocycles. The molecular weight excluding hydrogens is 312 g/mol. The number of benzene rings is 3. The average Bonchev–Trinajstić information content (AvgIpc) is 2.67. The van der Waals surface area contributed by atoms with Crippen LogP contribution >= 0.6 is 0 Å². The normalized spacial score (nSPS) is 11.5. The van der Waals surface area contributed by atoms with Gasteiger partial charge in [0.05, 0.1) is 5.56 Å². The lowest BCUT2D eigenvalue weighted by molar-refractivity contribution is 0.0965. The van der Waals surface area contributed by atoms with E-state index in [9.17, 15) is 9.59 Å². The topological polar surface area (TPSA) is 72.2 Å². The number of hydrogen-bond acceptors (Lipinski definition) is 3. The Kier molecular flexibility index (Phi) is 4.90. The van der Waals surface area contributed by atoms with E-state index in [1.807, 2.05) is 48.5 Å². The summed E-state index contributed by atoms with van der Waals surface area (Å²) in [7, 11) is 0. The van der Waals surface area contributed by atoms with Crippen molar-refractivity contribution in [1.82, 2.24) is 0 Å². The number of para-hydroxylation sites is 1. The molecule has 3 aromatic rings. The predicted octanol–water partition coefficient (Wildman–Crippen LogP) is 3.82. The Labute approximate surface area is 146 Å². The van der Waals surface area contributed by atoms with Crippen molar-refractivity contribution in [2.75, 3.05) is 5.32 Å². The van der Waals surface area contributed by atoms with Crippen molar-refractivity contribution in [3.63, 3.8) is 0 Å². The Morgan fingerprint density at radius 1 is 0.760 bits per heavy atom. The Hall–Kier alpha value is -3.40. The monoisotopic (exact) mass is 330 g/mol. The number of nitrogens with one attached hydrogen (secondary N) is 1. The van der Waals surface area contributed by atoms with Crippen LogP contribution in [-0.4, -0.2) is 11.7 Å². The maximum Gasteiger partial charge on any atom is 0.250 e. The summed E-state index contributed by atoms with van der Waals surface area (Å²) < 4.78 is 0. The molecule has 25 heavy (non-hydrogen) atoms. The molecule has 0 aliphatic carbocycles. The fourth-order valence-electron chi connectivity index (χ4n) is 2.69. The van der Waals surface area contributed by atoms with Crippen LogP contribution in [0.5, 0.6) is 0 Å². The third-order valence-corrected chi connectivity index (χ3v) is 3.95. The number of carbonyl (C=O) groups is 2. The van der Waals surface area contributed by atoms with Crippen LogP contribution < -0.4 is 11.1 Å². The first-order valence-electron chi connectivity index (χ1n) is 7.96. The second-order valence-electron chi connectivity index (χ2n) is 5.63. The van der Waals surface area contributed by atoms with Crippen molar-refractivity contribution in [2.45, 2.75) is 6.04 Å². The molecule has 4 nitrogen and oxygen atoms in total. The van der Waals surface area contributed by atoms with Crippen LogP contribution in [0.25, 0.3) is 0 Å². The van der Waals surface area contributed by atoms with Gasteiger partial charge in [-0.3, -0.25) is 9.59 Å². The lowest BCUT2D eigenvalue weighted by atomic mass is 9.96. The number of ketones is 1. The first-order chi connectivity index (χ1) is 12.2. The van der Waals surface area contributed by atoms with Gasteiger partial charge in [0.15, 0.2) is 5.78 Å². The number of hydrogen-bond donors (Lipinski definition) is 2. The van der Waals surface area contributed by atoms with Gasteiger partial charge in [-0.15, -0.1) is 0 Å². The minimum atomic E-state index is -0.621. The van der Waals surface area contributed by atoms with Crippen molar-refractivity contribution in [3.8, 4) is 0 Å². The van der Waals surface area contributed by atoms with E-state index in [1.54, 1.807) is 36.4 Å². The number of nitrogens with two attached hydrogens (primary N) is 1. The van der Waals surface area contributed by atoms with Gasteiger partial charge in [-0.1, -0.05) is 72.8 Å². The summed E-state index contributed by atoms with van der Waals surface area (Å²) in [5.74, 6) is -0.617. The van der Waals surface area contributed by atoms with Gasteiger partial charge in [0, 0.05) is 11.3 Å². The lowest BCUT2D eigenvalue weighted by Gasteiger charge is -2.21. The van der Waals surface area contributed by atoms with Crippen LogP contribution in [0.4, 0.5) is 5.69 Å². The minimum absolute atomic E-state index is 0.0777. The SMILES string of the molecule is NC(=O)c1ccccc1NC(C(=O)c1ccccc1)c1ccccc1. The molecule has 1 unspecified atom stereocenters. The standard InChI is InChI=1S/C21H18N2O2/c22-21(25)17-13-7-8-14-18(17)23-19(15-9-3-1-4-10-15)20(24)16-11-5-2-6-12-16/h1-14,19,23H,(H2,22,25). The summed E-state index contributed by atoms with van der Waals surface area (Å²) in [4.78, 5) is 24.7. The fourth-order valence-corrected chi connectivity index (χ4v) is 2.69. The molecule has 1 amide bonds. The fraction of sp³-hybridized carbons (Fsp3) is 0.0476. The molecular formula is C21H18N2O2. The first kappa shape index (κ1) is 16.5. The lowest BCUT2D eigenvalue weighted by Crippen LogP contribution is -2.23. The quantitative estimate of drug-likeness (QED) is 0.675. The van der Waals surface area contributed by atoms with E-state index in [0.29, 0.717) is 16.8 Å². The van der Waals surface area contributed by atoms with Crippen LogP contribution in [0.15, 0.2) is 84.9 Å². The van der Waals surface area contributed by atoms with E-state index < -0.39 is 11.9 Å². The average molecular weight is 330 g/mol. The molecule has 0 spiro atoms. The third-order valence-electron chi connectivity index (χ3n) is 3.95. The zero-order valence-corrected chi connectivity index (χ0v) is 13.6. The largest absolute Gasteiger partial charge is 0.371 e. The summed E-state index contributed by atoms with van der Waals surface area (Å²) in [6, 6.07) is 24.8. The summed E-state index contributed by atoms with van der Waals surface area (Å²) in [5.41, 5.74) is 7.75. The maximum atomic E-state index is 13.1. The summed E-state index contributed by atoms with van der Waals surface area (Å²) in [5, 5.41) is 3.19. The zero-order chi connectivity index (χ0) is 17.6. The van der Waals surface area contributed by atoms with Gasteiger partial charge in [-0.2, -0.15) is 0 Å². The maximum absolute atomic E-state index is 13.1. The molecule has 3 aromatic carbocycles. The van der Waals surface area contributed by atoms with Gasteiger partial charge < -0.3 is 11.1 Å². The summed E-state index contributed by atoms with van der Waals surface area (Å²) >= 11 is 0. The molecule has 0 radical (unpaired) electrons. The van der Waals surface area contributed by atoms with Gasteiger partial charge in [-0.25, -0.2) is 0 Å². The zero-order valence-electron chi connectivity index (χ0n) is 13.6. The highest BCUT2D eigenvalue weighted by Gasteiger charge is 2.23. The molecule has 0 bridgehead atoms. The van der Waals surface area contributed by atoms with Crippen LogP contribution in [-0.2, 0) is 0 Å². The summed E-state index contributed by atoms with van der Waals surface area (Å²) in [6.07, 6.45) is 0. The van der Waals surface area contributed by atoms with Gasteiger partial charge >= 0.3 is 0 Å². The van der Waals surface area contributed by atoms with E-state index in [-0.39, 0.29) is 5.78 Å². The number of primary amides is 1. The van der Waals surface area contributed by atoms with Crippen LogP contribution in [0.3, 0.4) is 0 Å². The first-order valence-corrected chi connectivity index (χ1v) is 7.96. The highest BCUT2D eigenvalue weighted by Crippen LogP contribution is 2.25. The van der Waals surface area contributed by atoms with E-state index in [0.717, 1.165) is 5.56 Å². The van der Waals surface area contributed by atoms with Crippen LogP contribution in [0.2, 0.25) is 0 Å². The molecule has 4 heteroatoms. The molecule has 0 aliphatic rings. The van der Waals surface area contributed by atoms with Gasteiger partial charge in [0.2, 0.25) is 0 Å². The highest BCUT2D eigenvalue weighted by atomic mass is 16.1. The molecule has 124 valence electrons. The van der Waals surface area contributed by atoms with Gasteiger partial charge in [-0.05, 0) is 17.7 Å². The Morgan fingerprint density at radius 3 is 1.96 bits per heavy atom. The molecule has 1 atom stereocenters. The van der Waals surface area contributed by atoms with Crippen molar-refractivity contribution in [1.29, 1.82) is 0 Å². The van der Waals surface area contributed by atoms with E-state index in [2.05, 4.69) is 5.32 Å². The number of Topliss-reactive ketones (excluding diaryl/α,β-unsaturated/α-hetero) is 1. The molecule has 0 heterocycles. The van der Waals surface area contributed by atoms with E-state index in [1.165, 1.54) is 0 Å². The van der Waals surface area contributed by atoms with E-state index >= 15 is 0 Å². The molecule has 3 N–H and O–H groups in total. The molecule has 0 fully saturated rings. The van der Waals surface area contributed by atoms with Gasteiger partial charge in [0.25, 0.3) is 5.91 Å². The second-order valence-corrected chi connectivity index (χ2v) is 5.63. The Morgan fingerprint density at radius 2 is 1.32 bits per heavy atom. The van der Waals surface area contributed by atoms with Crippen molar-refractivity contribution in [3.05, 3.63) is 102 Å². The van der Waals surface area contributed by atoms with Crippen molar-refractivity contribution >= 4 is 17.4 Å². The predicted molar refractivity (Wildman–Crippen MR) is 98.5 cm³/mol. The van der Waals surface area contributed by atoms with Crippen LogP contribution in [0.1, 0.15) is 32.3 Å². The molecule has 3 rings (SSSR count). The number of anilines is 1.